The Balaban J connectivity index is 1.23. The molecule has 0 spiro atoms. The number of nitrogens with zero attached hydrogens (tertiary/aromatic N) is 4. The number of benzene rings is 2. The summed E-state index contributed by atoms with van der Waals surface area (Å²) in [6, 6.07) is 15.1. The first-order chi connectivity index (χ1) is 21.6. The van der Waals surface area contributed by atoms with Crippen molar-refractivity contribution in [1.29, 1.82) is 0 Å². The van der Waals surface area contributed by atoms with Gasteiger partial charge in [-0.3, -0.25) is 4.79 Å². The lowest BCUT2D eigenvalue weighted by molar-refractivity contribution is -0.160. The Labute approximate surface area is 269 Å². The minimum atomic E-state index is -0.716. The van der Waals surface area contributed by atoms with Crippen LogP contribution in [0.15, 0.2) is 54.7 Å². The lowest BCUT2D eigenvalue weighted by atomic mass is 9.40. The van der Waals surface area contributed by atoms with Gasteiger partial charge in [0.2, 0.25) is 11.9 Å². The number of hydrogen-bond acceptors (Lipinski definition) is 8. The van der Waals surface area contributed by atoms with Crippen LogP contribution in [-0.2, 0) is 16.1 Å². The fourth-order valence-corrected chi connectivity index (χ4v) is 7.88. The summed E-state index contributed by atoms with van der Waals surface area (Å²) in [5.41, 5.74) is 7.56. The highest BCUT2D eigenvalue weighted by Gasteiger charge is 2.66. The first kappa shape index (κ1) is 31.5. The Morgan fingerprint density at radius 3 is 2.58 bits per heavy atom. The summed E-state index contributed by atoms with van der Waals surface area (Å²) < 4.78 is 21.3. The van der Waals surface area contributed by atoms with Crippen LogP contribution in [0.4, 0.5) is 27.5 Å². The number of nitrogens with two attached hydrogens (primary N) is 1. The predicted molar refractivity (Wildman–Crippen MR) is 176 cm³/mol. The van der Waals surface area contributed by atoms with Gasteiger partial charge in [-0.15, -0.1) is 0 Å². The number of anilines is 4. The van der Waals surface area contributed by atoms with Crippen molar-refractivity contribution in [3.8, 4) is 0 Å². The first-order valence-corrected chi connectivity index (χ1v) is 16.2. The predicted octanol–water partition coefficient (Wildman–Crippen LogP) is 5.69. The van der Waals surface area contributed by atoms with E-state index in [4.69, 9.17) is 27.1 Å². The Morgan fingerprint density at radius 2 is 1.89 bits per heavy atom. The normalized spacial score (nSPS) is 25.8. The van der Waals surface area contributed by atoms with Crippen molar-refractivity contribution >= 4 is 40.6 Å². The number of ether oxygens (including phenoxy) is 1. The Bertz CT molecular complexity index is 1520. The molecule has 3 saturated carbocycles. The maximum absolute atomic E-state index is 15.2. The fourth-order valence-electron chi connectivity index (χ4n) is 7.74. The Hall–Kier alpha value is -3.47. The molecule has 7 rings (SSSR count). The summed E-state index contributed by atoms with van der Waals surface area (Å²) in [4.78, 5) is 26.4. The molecule has 2 heterocycles. The van der Waals surface area contributed by atoms with Crippen LogP contribution >= 0.6 is 11.6 Å². The number of likely N-dealkylation sites (N-methyl/N-ethyl adjacent to an activating group) is 1. The highest BCUT2D eigenvalue weighted by Crippen LogP contribution is 2.66. The molecular formula is C34H43ClFN7O2. The van der Waals surface area contributed by atoms with Gasteiger partial charge in [0, 0.05) is 38.5 Å². The summed E-state index contributed by atoms with van der Waals surface area (Å²) in [5.74, 6) is 0.172. The highest BCUT2D eigenvalue weighted by atomic mass is 35.5. The van der Waals surface area contributed by atoms with Crippen molar-refractivity contribution in [1.82, 2.24) is 14.9 Å². The number of hydrogen-bond donors (Lipinski definition) is 3. The average Bonchev–Trinajstić information content (AvgIpc) is 3.02. The Morgan fingerprint density at radius 1 is 1.13 bits per heavy atom. The average molecular weight is 636 g/mol. The van der Waals surface area contributed by atoms with Crippen molar-refractivity contribution in [3.63, 3.8) is 0 Å². The number of carbonyl (C=O) groups excluding carboxylic acids is 1. The molecule has 9 nitrogen and oxygen atoms in total. The SMILES string of the molecule is CN1CCN(c2ccc(Nc3ncc(Cl)c(N[C@@]4(CCOCc5ccccc5)[C@@H](C(N)=O)C[C@H]5C[C@@H]4C5(C)C)n3)cc2F)CC1. The van der Waals surface area contributed by atoms with E-state index in [0.29, 0.717) is 54.2 Å². The molecule has 0 radical (unpaired) electrons. The monoisotopic (exact) mass is 635 g/mol. The lowest BCUT2D eigenvalue weighted by Crippen LogP contribution is -2.71. The molecule has 1 saturated heterocycles. The van der Waals surface area contributed by atoms with Gasteiger partial charge in [-0.25, -0.2) is 9.37 Å². The van der Waals surface area contributed by atoms with Gasteiger partial charge in [-0.05, 0) is 67.3 Å². The number of primary amides is 1. The molecule has 0 unspecified atom stereocenters. The highest BCUT2D eigenvalue weighted by molar-refractivity contribution is 6.32. The zero-order chi connectivity index (χ0) is 31.8. The van der Waals surface area contributed by atoms with Crippen LogP contribution in [0.5, 0.6) is 0 Å². The number of nitrogens with one attached hydrogen (secondary N) is 2. The summed E-state index contributed by atoms with van der Waals surface area (Å²) in [6.07, 6.45) is 3.74. The zero-order valence-electron chi connectivity index (χ0n) is 26.2. The van der Waals surface area contributed by atoms with Crippen LogP contribution in [0.3, 0.4) is 0 Å². The molecule has 1 aromatic heterocycles. The van der Waals surface area contributed by atoms with E-state index in [-0.39, 0.29) is 29.0 Å². The van der Waals surface area contributed by atoms with E-state index in [1.807, 2.05) is 36.4 Å². The summed E-state index contributed by atoms with van der Waals surface area (Å²) in [7, 11) is 2.07. The molecule has 4 N–H and O–H groups in total. The van der Waals surface area contributed by atoms with E-state index >= 15 is 4.39 Å². The largest absolute Gasteiger partial charge is 0.377 e. The van der Waals surface area contributed by atoms with Gasteiger partial charge in [0.15, 0.2) is 5.82 Å². The van der Waals surface area contributed by atoms with E-state index in [0.717, 1.165) is 38.2 Å². The van der Waals surface area contributed by atoms with Crippen molar-refractivity contribution in [3.05, 3.63) is 71.1 Å². The molecule has 11 heteroatoms. The van der Waals surface area contributed by atoms with Gasteiger partial charge in [-0.2, -0.15) is 4.98 Å². The van der Waals surface area contributed by atoms with Gasteiger partial charge < -0.3 is 30.9 Å². The van der Waals surface area contributed by atoms with Crippen molar-refractivity contribution in [2.24, 2.45) is 28.9 Å². The number of aromatic nitrogens is 2. The number of fused-ring (bicyclic) bond motifs is 2. The fraction of sp³-hybridized carbons (Fsp3) is 0.500. The van der Waals surface area contributed by atoms with E-state index in [1.54, 1.807) is 6.07 Å². The lowest BCUT2D eigenvalue weighted by Gasteiger charge is -2.67. The maximum Gasteiger partial charge on any atom is 0.229 e. The maximum atomic E-state index is 15.2. The smallest absolute Gasteiger partial charge is 0.229 e. The van der Waals surface area contributed by atoms with Gasteiger partial charge in [-0.1, -0.05) is 55.8 Å². The van der Waals surface area contributed by atoms with E-state index in [9.17, 15) is 4.79 Å². The van der Waals surface area contributed by atoms with Crippen molar-refractivity contribution in [2.75, 3.05) is 55.4 Å². The van der Waals surface area contributed by atoms with Crippen LogP contribution in [0.25, 0.3) is 0 Å². The summed E-state index contributed by atoms with van der Waals surface area (Å²) in [6.45, 7) is 8.77. The number of piperazine rings is 1. The molecule has 3 aliphatic carbocycles. The van der Waals surface area contributed by atoms with Crippen molar-refractivity contribution < 1.29 is 13.9 Å². The molecule has 4 atom stereocenters. The molecule has 45 heavy (non-hydrogen) atoms. The molecule has 3 aromatic rings. The first-order valence-electron chi connectivity index (χ1n) is 15.8. The zero-order valence-corrected chi connectivity index (χ0v) is 27.0. The minimum Gasteiger partial charge on any atom is -0.377 e. The molecule has 2 aromatic carbocycles. The van der Waals surface area contributed by atoms with Gasteiger partial charge in [0.25, 0.3) is 0 Å². The number of rotatable bonds is 11. The second-order valence-corrected chi connectivity index (χ2v) is 13.8. The summed E-state index contributed by atoms with van der Waals surface area (Å²) in [5, 5.41) is 7.10. The molecular weight excluding hydrogens is 593 g/mol. The standard InChI is InChI=1S/C34H43ClFN7O2/c1-33(2)23-17-25(30(37)44)34(29(33)18-23,11-16-45-21-22-7-5-4-6-8-22)41-31-26(35)20-38-32(40-31)39-24-9-10-28(27(36)19-24)43-14-12-42(3)13-15-43/h4-10,19-20,23,25,29H,11-18,21H2,1-3H3,(H2,37,44)(H2,38,39,40,41)/t23-,25+,29+,34-/m0/s1. The number of amides is 1. The molecule has 1 amide bonds. The van der Waals surface area contributed by atoms with E-state index < -0.39 is 11.5 Å². The van der Waals surface area contributed by atoms with E-state index in [1.165, 1.54) is 12.3 Å². The van der Waals surface area contributed by atoms with Crippen molar-refractivity contribution in [2.45, 2.75) is 45.3 Å². The third kappa shape index (κ3) is 6.33. The third-order valence-corrected chi connectivity index (χ3v) is 10.8. The molecule has 1 aliphatic heterocycles. The van der Waals surface area contributed by atoms with Gasteiger partial charge in [0.05, 0.1) is 29.9 Å². The second kappa shape index (κ2) is 12.7. The molecule has 240 valence electrons. The molecule has 2 bridgehead atoms. The topological polar surface area (TPSA) is 109 Å². The van der Waals surface area contributed by atoms with E-state index in [2.05, 4.69) is 46.3 Å². The van der Waals surface area contributed by atoms with Gasteiger partial charge in [0.1, 0.15) is 10.8 Å². The minimum absolute atomic E-state index is 0.00200. The quantitative estimate of drug-likeness (QED) is 0.231. The number of halogens is 2. The second-order valence-electron chi connectivity index (χ2n) is 13.4. The summed E-state index contributed by atoms with van der Waals surface area (Å²) >= 11 is 6.69. The molecule has 4 aliphatic rings. The van der Waals surface area contributed by atoms with Crippen LogP contribution in [0.1, 0.15) is 38.7 Å². The Kier molecular flexibility index (Phi) is 8.91. The third-order valence-electron chi connectivity index (χ3n) is 10.5. The van der Waals surface area contributed by atoms with Crippen LogP contribution in [-0.4, -0.2) is 66.1 Å². The van der Waals surface area contributed by atoms with Gasteiger partial charge >= 0.3 is 0 Å². The van der Waals surface area contributed by atoms with Crippen LogP contribution < -0.4 is 21.3 Å². The van der Waals surface area contributed by atoms with Crippen LogP contribution in [0, 0.1) is 29.0 Å². The number of carbonyl (C=O) groups is 1. The van der Waals surface area contributed by atoms with Crippen LogP contribution in [0.2, 0.25) is 5.02 Å². The molecule has 4 fully saturated rings.